The van der Waals surface area contributed by atoms with Crippen LogP contribution >= 0.6 is 0 Å². The minimum absolute atomic E-state index is 0.00973. The molecule has 0 radical (unpaired) electrons. The van der Waals surface area contributed by atoms with E-state index < -0.39 is 21.0 Å². The Hall–Kier alpha value is -2.60. The number of hydrogen-bond donors (Lipinski definition) is 0. The zero-order chi connectivity index (χ0) is 20.5. The largest absolute Gasteiger partial charge is 0.463 e. The zero-order valence-electron chi connectivity index (χ0n) is 16.6. The standard InChI is InChI=1S/C22H23NO4S/c1-14(24)15-6-9-20-16(12-15)10-11-22(27-20)21(2,3)18-13-17(28(5,25)26)7-8-19(18)23(22)4/h6-13H,1-5H3. The third kappa shape index (κ3) is 2.44. The van der Waals surface area contributed by atoms with Gasteiger partial charge in [0.1, 0.15) is 5.75 Å². The fourth-order valence-electron chi connectivity index (χ4n) is 4.24. The lowest BCUT2D eigenvalue weighted by atomic mass is 9.76. The maximum absolute atomic E-state index is 12.1. The summed E-state index contributed by atoms with van der Waals surface area (Å²) in [6.45, 7) is 5.65. The van der Waals surface area contributed by atoms with Crippen LogP contribution in [0.2, 0.25) is 0 Å². The number of ketones is 1. The summed E-state index contributed by atoms with van der Waals surface area (Å²) >= 11 is 0. The summed E-state index contributed by atoms with van der Waals surface area (Å²) in [6.07, 6.45) is 5.20. The van der Waals surface area contributed by atoms with E-state index in [2.05, 4.69) is 13.8 Å². The Morgan fingerprint density at radius 3 is 2.46 bits per heavy atom. The number of anilines is 1. The van der Waals surface area contributed by atoms with Crippen LogP contribution in [0.1, 0.15) is 42.3 Å². The molecule has 2 aliphatic rings. The van der Waals surface area contributed by atoms with Crippen molar-refractivity contribution >= 4 is 27.4 Å². The van der Waals surface area contributed by atoms with Crippen LogP contribution in [0.15, 0.2) is 47.4 Å². The van der Waals surface area contributed by atoms with Crippen molar-refractivity contribution in [2.45, 2.75) is 36.8 Å². The second kappa shape index (κ2) is 5.70. The first-order valence-electron chi connectivity index (χ1n) is 9.09. The van der Waals surface area contributed by atoms with Crippen LogP contribution in [0.25, 0.3) is 6.08 Å². The third-order valence-corrected chi connectivity index (χ3v) is 7.11. The molecule has 0 fully saturated rings. The molecule has 1 spiro atoms. The molecule has 0 aliphatic carbocycles. The molecule has 0 saturated heterocycles. The van der Waals surface area contributed by atoms with Crippen LogP contribution in [0, 0.1) is 0 Å². The Labute approximate surface area is 165 Å². The molecule has 0 bridgehead atoms. The molecule has 28 heavy (non-hydrogen) atoms. The molecule has 4 rings (SSSR count). The number of carbonyl (C=O) groups is 1. The van der Waals surface area contributed by atoms with Crippen LogP contribution < -0.4 is 9.64 Å². The van der Waals surface area contributed by atoms with E-state index >= 15 is 0 Å². The minimum atomic E-state index is -3.31. The Balaban J connectivity index is 1.85. The number of fused-ring (bicyclic) bond motifs is 2. The van der Waals surface area contributed by atoms with Gasteiger partial charge in [0.25, 0.3) is 0 Å². The molecule has 2 aromatic carbocycles. The van der Waals surface area contributed by atoms with Crippen molar-refractivity contribution in [1.82, 2.24) is 0 Å². The summed E-state index contributed by atoms with van der Waals surface area (Å²) in [5.74, 6) is 0.707. The highest BCUT2D eigenvalue weighted by Crippen LogP contribution is 2.54. The number of ether oxygens (including phenoxy) is 1. The molecule has 146 valence electrons. The molecule has 2 heterocycles. The highest BCUT2D eigenvalue weighted by Gasteiger charge is 2.57. The zero-order valence-corrected chi connectivity index (χ0v) is 17.4. The second-order valence-electron chi connectivity index (χ2n) is 8.08. The van der Waals surface area contributed by atoms with Crippen LogP contribution in [-0.2, 0) is 15.3 Å². The average molecular weight is 397 g/mol. The van der Waals surface area contributed by atoms with Crippen molar-refractivity contribution in [2.75, 3.05) is 18.2 Å². The summed E-state index contributed by atoms with van der Waals surface area (Å²) < 4.78 is 30.6. The van der Waals surface area contributed by atoms with Crippen molar-refractivity contribution in [3.8, 4) is 5.75 Å². The van der Waals surface area contributed by atoms with E-state index in [0.29, 0.717) is 16.2 Å². The lowest BCUT2D eigenvalue weighted by molar-refractivity contribution is 0.0581. The predicted octanol–water partition coefficient (Wildman–Crippen LogP) is 3.82. The molecular weight excluding hydrogens is 374 g/mol. The Morgan fingerprint density at radius 2 is 1.82 bits per heavy atom. The first-order valence-corrected chi connectivity index (χ1v) is 11.0. The molecule has 0 saturated carbocycles. The van der Waals surface area contributed by atoms with Crippen molar-refractivity contribution in [3.63, 3.8) is 0 Å². The smallest absolute Gasteiger partial charge is 0.211 e. The summed E-state index contributed by atoms with van der Waals surface area (Å²) in [5.41, 5.74) is 2.05. The van der Waals surface area contributed by atoms with Crippen LogP contribution in [0.4, 0.5) is 5.69 Å². The number of Topliss-reactive ketones (excluding diaryl/α,β-unsaturated/α-hetero) is 1. The number of nitrogens with zero attached hydrogens (tertiary/aromatic N) is 1. The van der Waals surface area contributed by atoms with Crippen LogP contribution in [0.3, 0.4) is 0 Å². The van der Waals surface area contributed by atoms with E-state index in [0.717, 1.165) is 16.8 Å². The number of carbonyl (C=O) groups excluding carboxylic acids is 1. The number of rotatable bonds is 2. The van der Waals surface area contributed by atoms with Gasteiger partial charge in [-0.15, -0.1) is 0 Å². The van der Waals surface area contributed by atoms with E-state index in [-0.39, 0.29) is 5.78 Å². The molecule has 5 nitrogen and oxygen atoms in total. The van der Waals surface area contributed by atoms with Crippen molar-refractivity contribution in [1.29, 1.82) is 0 Å². The van der Waals surface area contributed by atoms with Gasteiger partial charge in [-0.2, -0.15) is 0 Å². The molecule has 2 aliphatic heterocycles. The monoisotopic (exact) mass is 397 g/mol. The summed E-state index contributed by atoms with van der Waals surface area (Å²) in [6, 6.07) is 10.7. The highest BCUT2D eigenvalue weighted by atomic mass is 32.2. The third-order valence-electron chi connectivity index (χ3n) is 6.00. The normalized spacial score (nSPS) is 22.0. The van der Waals surface area contributed by atoms with Crippen molar-refractivity contribution < 1.29 is 17.9 Å². The molecular formula is C22H23NO4S. The molecule has 1 atom stereocenters. The summed E-state index contributed by atoms with van der Waals surface area (Å²) in [5, 5.41) is 0. The van der Waals surface area contributed by atoms with Crippen LogP contribution in [-0.4, -0.2) is 33.2 Å². The highest BCUT2D eigenvalue weighted by molar-refractivity contribution is 7.90. The summed E-state index contributed by atoms with van der Waals surface area (Å²) in [4.78, 5) is 14.0. The number of benzene rings is 2. The lowest BCUT2D eigenvalue weighted by Gasteiger charge is -2.45. The maximum atomic E-state index is 12.1. The predicted molar refractivity (Wildman–Crippen MR) is 110 cm³/mol. The first-order chi connectivity index (χ1) is 13.0. The Kier molecular flexibility index (Phi) is 3.82. The average Bonchev–Trinajstić information content (AvgIpc) is 2.79. The van der Waals surface area contributed by atoms with Gasteiger partial charge in [-0.05, 0) is 74.9 Å². The maximum Gasteiger partial charge on any atom is 0.211 e. The van der Waals surface area contributed by atoms with Gasteiger partial charge < -0.3 is 9.64 Å². The van der Waals surface area contributed by atoms with E-state index in [4.69, 9.17) is 4.74 Å². The van der Waals surface area contributed by atoms with Gasteiger partial charge in [0, 0.05) is 30.1 Å². The minimum Gasteiger partial charge on any atom is -0.463 e. The van der Waals surface area contributed by atoms with Gasteiger partial charge in [-0.1, -0.05) is 0 Å². The summed E-state index contributed by atoms with van der Waals surface area (Å²) in [7, 11) is -1.35. The number of sulfone groups is 1. The molecule has 2 aromatic rings. The first kappa shape index (κ1) is 18.7. The fourth-order valence-corrected chi connectivity index (χ4v) is 4.89. The van der Waals surface area contributed by atoms with E-state index in [1.54, 1.807) is 25.1 Å². The van der Waals surface area contributed by atoms with Crippen LogP contribution in [0.5, 0.6) is 5.75 Å². The molecule has 1 unspecified atom stereocenters. The quantitative estimate of drug-likeness (QED) is 0.721. The fraction of sp³-hybridized carbons (Fsp3) is 0.318. The number of likely N-dealkylation sites (N-methyl/N-ethyl adjacent to an activating group) is 1. The van der Waals surface area contributed by atoms with Crippen molar-refractivity contribution in [3.05, 3.63) is 59.2 Å². The van der Waals surface area contributed by atoms with Gasteiger partial charge in [-0.25, -0.2) is 8.42 Å². The van der Waals surface area contributed by atoms with Gasteiger partial charge >= 0.3 is 0 Å². The van der Waals surface area contributed by atoms with E-state index in [1.807, 2.05) is 42.3 Å². The van der Waals surface area contributed by atoms with Gasteiger partial charge in [-0.3, -0.25) is 4.79 Å². The Morgan fingerprint density at radius 1 is 1.11 bits per heavy atom. The lowest BCUT2D eigenvalue weighted by Crippen LogP contribution is -2.58. The van der Waals surface area contributed by atoms with Gasteiger partial charge in [0.05, 0.1) is 10.3 Å². The van der Waals surface area contributed by atoms with E-state index in [9.17, 15) is 13.2 Å². The molecule has 0 amide bonds. The van der Waals surface area contributed by atoms with Crippen molar-refractivity contribution in [2.24, 2.45) is 0 Å². The molecule has 6 heteroatoms. The molecule has 0 aromatic heterocycles. The SMILES string of the molecule is CC(=O)c1ccc2c(c1)C=CC1(O2)N(C)c2ccc(S(C)(=O)=O)cc2C1(C)C. The van der Waals surface area contributed by atoms with Gasteiger partial charge in [0.2, 0.25) is 5.72 Å². The second-order valence-corrected chi connectivity index (χ2v) is 10.1. The number of hydrogen-bond acceptors (Lipinski definition) is 5. The van der Waals surface area contributed by atoms with E-state index in [1.165, 1.54) is 6.26 Å². The van der Waals surface area contributed by atoms with Gasteiger partial charge in [0.15, 0.2) is 15.6 Å². The molecule has 0 N–H and O–H groups in total. The topological polar surface area (TPSA) is 63.7 Å². The Bertz CT molecular complexity index is 1150.